The Morgan fingerprint density at radius 2 is 1.68 bits per heavy atom. The van der Waals surface area contributed by atoms with Gasteiger partial charge in [-0.25, -0.2) is 23.1 Å². The van der Waals surface area contributed by atoms with Gasteiger partial charge >= 0.3 is 11.4 Å². The zero-order valence-electron chi connectivity index (χ0n) is 39.6. The fourth-order valence-corrected chi connectivity index (χ4v) is 11.8. The molecule has 4 aromatic heterocycles. The van der Waals surface area contributed by atoms with E-state index >= 15 is 13.6 Å². The van der Waals surface area contributed by atoms with E-state index in [1.165, 1.54) is 33.9 Å². The molecular formula is C52H55F2N9O6. The number of halogens is 2. The zero-order chi connectivity index (χ0) is 48.3. The van der Waals surface area contributed by atoms with E-state index in [9.17, 15) is 14.4 Å². The SMILES string of the molecule is CNC(=O)Cc1ccc(-n2ccn(-c3c4c(nn3-c3cc(C)c(F)c(C)c3)C[C@H]3CCCC[C@@H]4N3C(=O)c3cc4cc([C@H]5CCOC(C)(C)C5)ccc4n3[C@@]3(c4noc(=O)[nH]4)C[C@@H]3C)c2=O)cc1F. The molecule has 3 fully saturated rings. The van der Waals surface area contributed by atoms with Gasteiger partial charge in [-0.2, -0.15) is 5.10 Å². The number of likely N-dealkylation sites (N-methyl/N-ethyl adjacent to an activating group) is 1. The standard InChI is InChI=1S/C52H55F2N9O6/c1-28-19-37(20-29(2)45(28)54)63-46(60-17-16-59(50(60)67)35-13-11-32(38(53)24-35)23-43(64)55-6)44-39(57-63)25-36-9-7-8-10-41(44)61(36)47(65)42-22-34-21-31(33-15-18-68-51(4,5)27-33)12-14-40(34)62(42)52(26-30(52)3)48-56-49(66)69-58-48/h11-14,16-17,19-22,24,30,33,36,41H,7-10,15,18,23,25-27H2,1-6H3,(H,55,64)(H,56,58,66)/t30-,33-,36+,41-,52-/m0/s1. The Balaban J connectivity index is 1.08. The lowest BCUT2D eigenvalue weighted by Gasteiger charge is -2.41. The first-order valence-electron chi connectivity index (χ1n) is 23.9. The number of carbonyl (C=O) groups excluding carboxylic acids is 2. The van der Waals surface area contributed by atoms with Gasteiger partial charge in [0.1, 0.15) is 28.7 Å². The monoisotopic (exact) mass is 939 g/mol. The number of nitrogens with zero attached hydrogens (tertiary/aromatic N) is 7. The van der Waals surface area contributed by atoms with Crippen LogP contribution < -0.4 is 16.8 Å². The van der Waals surface area contributed by atoms with E-state index in [1.807, 2.05) is 11.0 Å². The molecular weight excluding hydrogens is 885 g/mol. The van der Waals surface area contributed by atoms with Gasteiger partial charge in [-0.1, -0.05) is 37.1 Å². The smallest absolute Gasteiger partial charge is 0.376 e. The Morgan fingerprint density at radius 1 is 0.928 bits per heavy atom. The molecule has 15 nitrogen and oxygen atoms in total. The molecule has 0 radical (unpaired) electrons. The predicted octanol–water partition coefficient (Wildman–Crippen LogP) is 7.77. The van der Waals surface area contributed by atoms with Gasteiger partial charge < -0.3 is 19.5 Å². The molecule has 69 heavy (non-hydrogen) atoms. The fourth-order valence-electron chi connectivity index (χ4n) is 11.8. The third kappa shape index (κ3) is 7.30. The Morgan fingerprint density at radius 3 is 2.38 bits per heavy atom. The van der Waals surface area contributed by atoms with E-state index < -0.39 is 28.8 Å². The van der Waals surface area contributed by atoms with Crippen LogP contribution in [-0.4, -0.2) is 75.6 Å². The number of ether oxygens (including phenoxy) is 1. The summed E-state index contributed by atoms with van der Waals surface area (Å²) in [5.74, 6) is -1.17. The summed E-state index contributed by atoms with van der Waals surface area (Å²) in [4.78, 5) is 60.4. The van der Waals surface area contributed by atoms with Crippen LogP contribution in [-0.2, 0) is 27.9 Å². The maximum absolute atomic E-state index is 16.1. The van der Waals surface area contributed by atoms with Gasteiger partial charge in [0.15, 0.2) is 5.82 Å². The predicted molar refractivity (Wildman–Crippen MR) is 252 cm³/mol. The number of imidazole rings is 1. The largest absolute Gasteiger partial charge is 0.438 e. The van der Waals surface area contributed by atoms with Crippen LogP contribution in [0.4, 0.5) is 8.78 Å². The van der Waals surface area contributed by atoms with Gasteiger partial charge in [0.25, 0.3) is 5.91 Å². The van der Waals surface area contributed by atoms with E-state index in [0.29, 0.717) is 65.6 Å². The number of fused-ring (bicyclic) bond motifs is 5. The third-order valence-electron chi connectivity index (χ3n) is 15.3. The van der Waals surface area contributed by atoms with Crippen LogP contribution in [0, 0.1) is 31.4 Å². The van der Waals surface area contributed by atoms with Crippen molar-refractivity contribution in [3.63, 3.8) is 0 Å². The molecule has 7 aromatic rings. The van der Waals surface area contributed by atoms with Gasteiger partial charge in [-0.05, 0) is 136 Å². The highest BCUT2D eigenvalue weighted by atomic mass is 19.1. The number of rotatable bonds is 9. The van der Waals surface area contributed by atoms with Crippen molar-refractivity contribution in [2.24, 2.45) is 5.92 Å². The second kappa shape index (κ2) is 16.4. The quantitative estimate of drug-likeness (QED) is 0.148. The van der Waals surface area contributed by atoms with Gasteiger partial charge in [0, 0.05) is 55.0 Å². The molecule has 11 rings (SSSR count). The van der Waals surface area contributed by atoms with E-state index in [2.05, 4.69) is 59.0 Å². The maximum Gasteiger partial charge on any atom is 0.438 e. The number of aromatic amines is 1. The second-order valence-electron chi connectivity index (χ2n) is 20.3. The molecule has 1 saturated carbocycles. The van der Waals surface area contributed by atoms with Crippen molar-refractivity contribution in [2.75, 3.05) is 13.7 Å². The number of aryl methyl sites for hydroxylation is 2. The molecule has 7 heterocycles. The van der Waals surface area contributed by atoms with E-state index in [1.54, 1.807) is 49.1 Å². The first kappa shape index (κ1) is 44.6. The molecule has 2 N–H and O–H groups in total. The van der Waals surface area contributed by atoms with Crippen molar-refractivity contribution in [1.82, 2.24) is 43.8 Å². The molecule has 0 spiro atoms. The van der Waals surface area contributed by atoms with E-state index in [4.69, 9.17) is 14.4 Å². The first-order chi connectivity index (χ1) is 33.1. The topological polar surface area (TPSA) is 167 Å². The molecule has 1 aliphatic carbocycles. The van der Waals surface area contributed by atoms with Crippen LogP contribution in [0.3, 0.4) is 0 Å². The summed E-state index contributed by atoms with van der Waals surface area (Å²) < 4.78 is 48.5. The number of benzene rings is 3. The maximum atomic E-state index is 16.1. The van der Waals surface area contributed by atoms with Crippen LogP contribution in [0.5, 0.6) is 0 Å². The lowest BCUT2D eigenvalue weighted by atomic mass is 9.83. The first-order valence-corrected chi connectivity index (χ1v) is 23.9. The summed E-state index contributed by atoms with van der Waals surface area (Å²) in [7, 11) is 1.48. The lowest BCUT2D eigenvalue weighted by Crippen LogP contribution is -2.47. The summed E-state index contributed by atoms with van der Waals surface area (Å²) in [6, 6.07) is 15.3. The summed E-state index contributed by atoms with van der Waals surface area (Å²) in [5.41, 5.74) is 4.03. The normalized spacial score (nSPS) is 22.9. The van der Waals surface area contributed by atoms with Crippen molar-refractivity contribution < 1.29 is 27.6 Å². The molecule has 3 aliphatic heterocycles. The summed E-state index contributed by atoms with van der Waals surface area (Å²) in [6.07, 6.45) is 8.71. The molecule has 2 saturated heterocycles. The summed E-state index contributed by atoms with van der Waals surface area (Å²) >= 11 is 0. The van der Waals surface area contributed by atoms with Gasteiger partial charge in [0.05, 0.1) is 35.1 Å². The molecule has 5 atom stereocenters. The number of H-pyrrole nitrogens is 1. The number of amides is 2. The molecule has 0 unspecified atom stereocenters. The lowest BCUT2D eigenvalue weighted by molar-refractivity contribution is -0.120. The molecule has 3 aromatic carbocycles. The number of aromatic nitrogens is 7. The number of nitrogens with one attached hydrogen (secondary N) is 2. The number of hydrogen-bond donors (Lipinski definition) is 2. The van der Waals surface area contributed by atoms with Gasteiger partial charge in [-0.3, -0.25) is 28.2 Å². The average molecular weight is 940 g/mol. The van der Waals surface area contributed by atoms with Crippen LogP contribution >= 0.6 is 0 Å². The molecule has 2 bridgehead atoms. The number of hydrogen-bond acceptors (Lipinski definition) is 8. The zero-order valence-corrected chi connectivity index (χ0v) is 39.6. The van der Waals surface area contributed by atoms with Crippen molar-refractivity contribution in [2.45, 2.75) is 122 Å². The highest BCUT2D eigenvalue weighted by molar-refractivity contribution is 6.00. The summed E-state index contributed by atoms with van der Waals surface area (Å²) in [6.45, 7) is 10.3. The van der Waals surface area contributed by atoms with Crippen molar-refractivity contribution in [1.29, 1.82) is 0 Å². The van der Waals surface area contributed by atoms with Gasteiger partial charge in [0.2, 0.25) is 5.91 Å². The second-order valence-corrected chi connectivity index (χ2v) is 20.3. The van der Waals surface area contributed by atoms with Crippen LogP contribution in [0.15, 0.2) is 81.1 Å². The van der Waals surface area contributed by atoms with Crippen LogP contribution in [0.25, 0.3) is 28.1 Å². The van der Waals surface area contributed by atoms with Crippen molar-refractivity contribution in [3.8, 4) is 17.2 Å². The minimum atomic E-state index is -0.863. The minimum absolute atomic E-state index is 0.00417. The Bertz CT molecular complexity index is 3330. The molecule has 4 aliphatic rings. The fraction of sp³-hybridized carbons (Fsp3) is 0.423. The molecule has 358 valence electrons. The Hall–Kier alpha value is -6.88. The van der Waals surface area contributed by atoms with Crippen molar-refractivity contribution >= 4 is 22.7 Å². The molecule has 2 amide bonds. The van der Waals surface area contributed by atoms with E-state index in [0.717, 1.165) is 48.7 Å². The highest BCUT2D eigenvalue weighted by Crippen LogP contribution is 2.56. The van der Waals surface area contributed by atoms with E-state index in [-0.39, 0.29) is 58.8 Å². The summed E-state index contributed by atoms with van der Waals surface area (Å²) in [5, 5.41) is 12.9. The third-order valence-corrected chi connectivity index (χ3v) is 15.3. The van der Waals surface area contributed by atoms with Gasteiger partial charge in [-0.15, -0.1) is 0 Å². The average Bonchev–Trinajstić information content (AvgIpc) is 3.75. The van der Waals surface area contributed by atoms with Crippen molar-refractivity contribution in [3.05, 3.63) is 145 Å². The van der Waals surface area contributed by atoms with Crippen LogP contribution in [0.1, 0.15) is 128 Å². The Kier molecular flexibility index (Phi) is 10.6. The number of carbonyl (C=O) groups is 2. The Labute approximate surface area is 396 Å². The highest BCUT2D eigenvalue weighted by Gasteiger charge is 2.59. The van der Waals surface area contributed by atoms with Crippen LogP contribution in [0.2, 0.25) is 0 Å². The molecule has 17 heteroatoms. The minimum Gasteiger partial charge on any atom is -0.376 e.